The Bertz CT molecular complexity index is 247. The number of carbonyl (C=O) groups is 1. The van der Waals surface area contributed by atoms with Crippen molar-refractivity contribution in [2.75, 3.05) is 34.4 Å². The van der Waals surface area contributed by atoms with Crippen molar-refractivity contribution in [3.63, 3.8) is 0 Å². The zero-order valence-electron chi connectivity index (χ0n) is 10.4. The van der Waals surface area contributed by atoms with E-state index < -0.39 is 5.54 Å². The first-order valence-corrected chi connectivity index (χ1v) is 5.60. The van der Waals surface area contributed by atoms with Crippen molar-refractivity contribution in [1.82, 2.24) is 4.90 Å². The normalized spacial score (nSPS) is 29.7. The summed E-state index contributed by atoms with van der Waals surface area (Å²) < 4.78 is 9.77. The van der Waals surface area contributed by atoms with Crippen molar-refractivity contribution in [2.45, 2.75) is 30.8 Å². The second kappa shape index (κ2) is 5.61. The molecule has 1 aliphatic rings. The minimum Gasteiger partial charge on any atom is -0.468 e. The zero-order chi connectivity index (χ0) is 12.2. The summed E-state index contributed by atoms with van der Waals surface area (Å²) in [6.07, 6.45) is 2.30. The van der Waals surface area contributed by atoms with Crippen LogP contribution in [0.5, 0.6) is 0 Å². The largest absolute Gasteiger partial charge is 0.468 e. The predicted molar refractivity (Wildman–Crippen MR) is 61.1 cm³/mol. The predicted octanol–water partition coefficient (Wildman–Crippen LogP) is -0.0124. The monoisotopic (exact) mass is 230 g/mol. The number of hydrogen-bond acceptors (Lipinski definition) is 5. The number of likely N-dealkylation sites (N-methyl/N-ethyl adjacent to an activating group) is 1. The molecule has 0 bridgehead atoms. The molecular weight excluding hydrogens is 208 g/mol. The summed E-state index contributed by atoms with van der Waals surface area (Å²) >= 11 is 0. The molecule has 2 unspecified atom stereocenters. The molecule has 0 heterocycles. The lowest BCUT2D eigenvalue weighted by Gasteiger charge is -2.26. The molecule has 0 spiro atoms. The molecule has 1 aliphatic carbocycles. The van der Waals surface area contributed by atoms with Crippen LogP contribution in [0.15, 0.2) is 0 Å². The molecule has 5 heteroatoms. The lowest BCUT2D eigenvalue weighted by molar-refractivity contribution is -0.146. The van der Waals surface area contributed by atoms with Gasteiger partial charge in [0, 0.05) is 19.7 Å². The molecule has 5 nitrogen and oxygen atoms in total. The van der Waals surface area contributed by atoms with Gasteiger partial charge in [0.25, 0.3) is 0 Å². The maximum absolute atomic E-state index is 11.5. The van der Waals surface area contributed by atoms with Crippen molar-refractivity contribution >= 4 is 5.97 Å². The third kappa shape index (κ3) is 2.93. The third-order valence-electron chi connectivity index (χ3n) is 3.39. The van der Waals surface area contributed by atoms with Gasteiger partial charge in [0.2, 0.25) is 0 Å². The Morgan fingerprint density at radius 3 is 2.81 bits per heavy atom. The van der Waals surface area contributed by atoms with Crippen molar-refractivity contribution in [2.24, 2.45) is 5.73 Å². The van der Waals surface area contributed by atoms with Gasteiger partial charge < -0.3 is 20.1 Å². The summed E-state index contributed by atoms with van der Waals surface area (Å²) in [4.78, 5) is 13.7. The Hall–Kier alpha value is -0.650. The number of ether oxygens (including phenoxy) is 2. The molecule has 2 atom stereocenters. The molecule has 1 saturated carbocycles. The summed E-state index contributed by atoms with van der Waals surface area (Å²) in [6.45, 7) is 1.56. The van der Waals surface area contributed by atoms with E-state index in [4.69, 9.17) is 15.2 Å². The number of nitrogens with zero attached hydrogens (tertiary/aromatic N) is 1. The van der Waals surface area contributed by atoms with Gasteiger partial charge in [-0.05, 0) is 26.3 Å². The van der Waals surface area contributed by atoms with Gasteiger partial charge in [0.1, 0.15) is 5.54 Å². The Morgan fingerprint density at radius 2 is 2.25 bits per heavy atom. The number of methoxy groups -OCH3 is 2. The average Bonchev–Trinajstić information content (AvgIpc) is 2.69. The molecule has 0 aliphatic heterocycles. The maximum Gasteiger partial charge on any atom is 0.325 e. The van der Waals surface area contributed by atoms with Gasteiger partial charge in [-0.2, -0.15) is 0 Å². The van der Waals surface area contributed by atoms with Gasteiger partial charge in [-0.15, -0.1) is 0 Å². The summed E-state index contributed by atoms with van der Waals surface area (Å²) in [7, 11) is 5.11. The van der Waals surface area contributed by atoms with Crippen LogP contribution in [0.3, 0.4) is 0 Å². The highest BCUT2D eigenvalue weighted by atomic mass is 16.5. The van der Waals surface area contributed by atoms with Crippen LogP contribution >= 0.6 is 0 Å². The minimum atomic E-state index is -0.791. The van der Waals surface area contributed by atoms with Crippen LogP contribution < -0.4 is 5.73 Å². The van der Waals surface area contributed by atoms with Crippen molar-refractivity contribution in [3.8, 4) is 0 Å². The first-order chi connectivity index (χ1) is 7.53. The summed E-state index contributed by atoms with van der Waals surface area (Å²) in [6, 6.07) is 0.347. The number of rotatable bonds is 5. The van der Waals surface area contributed by atoms with Crippen LogP contribution in [0, 0.1) is 0 Å². The number of hydrogen-bond donors (Lipinski definition) is 1. The van der Waals surface area contributed by atoms with Crippen LogP contribution in [0.1, 0.15) is 19.3 Å². The smallest absolute Gasteiger partial charge is 0.325 e. The van der Waals surface area contributed by atoms with Gasteiger partial charge in [-0.3, -0.25) is 4.79 Å². The molecule has 0 saturated heterocycles. The second-order valence-electron chi connectivity index (χ2n) is 4.52. The summed E-state index contributed by atoms with van der Waals surface area (Å²) in [5.74, 6) is -0.296. The molecule has 0 amide bonds. The van der Waals surface area contributed by atoms with E-state index in [0.29, 0.717) is 25.5 Å². The van der Waals surface area contributed by atoms with Crippen molar-refractivity contribution in [1.29, 1.82) is 0 Å². The van der Waals surface area contributed by atoms with Crippen LogP contribution in [-0.2, 0) is 14.3 Å². The van der Waals surface area contributed by atoms with Crippen LogP contribution in [-0.4, -0.2) is 56.9 Å². The number of carbonyl (C=O) groups excluding carboxylic acids is 1. The summed E-state index contributed by atoms with van der Waals surface area (Å²) in [5.41, 5.74) is 5.25. The lowest BCUT2D eigenvalue weighted by Crippen LogP contribution is -2.48. The molecule has 94 valence electrons. The third-order valence-corrected chi connectivity index (χ3v) is 3.39. The maximum atomic E-state index is 11.5. The van der Waals surface area contributed by atoms with E-state index in [0.717, 1.165) is 13.0 Å². The zero-order valence-corrected chi connectivity index (χ0v) is 10.4. The average molecular weight is 230 g/mol. The van der Waals surface area contributed by atoms with Gasteiger partial charge >= 0.3 is 5.97 Å². The fraction of sp³-hybridized carbons (Fsp3) is 0.909. The van der Waals surface area contributed by atoms with E-state index in [9.17, 15) is 4.79 Å². The Labute approximate surface area is 96.9 Å². The molecule has 0 aromatic rings. The number of esters is 1. The van der Waals surface area contributed by atoms with Crippen LogP contribution in [0.25, 0.3) is 0 Å². The van der Waals surface area contributed by atoms with E-state index in [-0.39, 0.29) is 5.97 Å². The highest BCUT2D eigenvalue weighted by Gasteiger charge is 2.43. The fourth-order valence-electron chi connectivity index (χ4n) is 2.23. The molecule has 2 N–H and O–H groups in total. The molecule has 16 heavy (non-hydrogen) atoms. The molecule has 1 fully saturated rings. The lowest BCUT2D eigenvalue weighted by atomic mass is 9.99. The van der Waals surface area contributed by atoms with Crippen LogP contribution in [0.2, 0.25) is 0 Å². The van der Waals surface area contributed by atoms with E-state index >= 15 is 0 Å². The summed E-state index contributed by atoms with van der Waals surface area (Å²) in [5, 5.41) is 0. The topological polar surface area (TPSA) is 64.8 Å². The first kappa shape index (κ1) is 13.4. The highest BCUT2D eigenvalue weighted by molar-refractivity contribution is 5.81. The Balaban J connectivity index is 2.48. The van der Waals surface area contributed by atoms with E-state index in [1.54, 1.807) is 7.11 Å². The standard InChI is InChI=1S/C11H22N2O3/c1-13(6-7-15-2)9-4-5-11(12,8-9)10(14)16-3/h9H,4-8,12H2,1-3H3. The molecule has 1 rings (SSSR count). The SMILES string of the molecule is COCCN(C)C1CCC(N)(C(=O)OC)C1. The van der Waals surface area contributed by atoms with E-state index in [1.165, 1.54) is 7.11 Å². The Kier molecular flexibility index (Phi) is 4.70. The van der Waals surface area contributed by atoms with Gasteiger partial charge in [-0.25, -0.2) is 0 Å². The van der Waals surface area contributed by atoms with Gasteiger partial charge in [-0.1, -0.05) is 0 Å². The molecule has 0 aromatic heterocycles. The van der Waals surface area contributed by atoms with Crippen LogP contribution in [0.4, 0.5) is 0 Å². The van der Waals surface area contributed by atoms with Crippen molar-refractivity contribution < 1.29 is 14.3 Å². The quantitative estimate of drug-likeness (QED) is 0.673. The number of nitrogens with two attached hydrogens (primary N) is 1. The molecular formula is C11H22N2O3. The second-order valence-corrected chi connectivity index (χ2v) is 4.52. The van der Waals surface area contributed by atoms with Gasteiger partial charge in [0.15, 0.2) is 0 Å². The van der Waals surface area contributed by atoms with Gasteiger partial charge in [0.05, 0.1) is 13.7 Å². The molecule has 0 aromatic carbocycles. The highest BCUT2D eigenvalue weighted by Crippen LogP contribution is 2.31. The minimum absolute atomic E-state index is 0.296. The van der Waals surface area contributed by atoms with E-state index in [1.807, 2.05) is 7.05 Å². The fourth-order valence-corrected chi connectivity index (χ4v) is 2.23. The van der Waals surface area contributed by atoms with Crippen molar-refractivity contribution in [3.05, 3.63) is 0 Å². The Morgan fingerprint density at radius 1 is 1.56 bits per heavy atom. The first-order valence-electron chi connectivity index (χ1n) is 5.60. The van der Waals surface area contributed by atoms with E-state index in [2.05, 4.69) is 4.90 Å². The molecule has 0 radical (unpaired) electrons.